The van der Waals surface area contributed by atoms with Gasteiger partial charge in [-0.1, -0.05) is 13.8 Å². The van der Waals surface area contributed by atoms with Crippen molar-refractivity contribution in [1.29, 1.82) is 0 Å². The Morgan fingerprint density at radius 1 is 1.31 bits per heavy atom. The predicted molar refractivity (Wildman–Crippen MR) is 112 cm³/mol. The number of benzene rings is 1. The highest BCUT2D eigenvalue weighted by Gasteiger charge is 2.24. The third-order valence-corrected chi connectivity index (χ3v) is 5.28. The first kappa shape index (κ1) is 20.8. The van der Waals surface area contributed by atoms with Gasteiger partial charge in [0.25, 0.3) is 0 Å². The molecule has 2 aromatic rings. The van der Waals surface area contributed by atoms with Crippen LogP contribution in [0.25, 0.3) is 0 Å². The minimum absolute atomic E-state index is 0.0731. The van der Waals surface area contributed by atoms with Gasteiger partial charge in [0, 0.05) is 36.0 Å². The summed E-state index contributed by atoms with van der Waals surface area (Å²) in [7, 11) is 1.53. The second-order valence-electron chi connectivity index (χ2n) is 7.05. The third-order valence-electron chi connectivity index (χ3n) is 4.48. The second-order valence-corrected chi connectivity index (χ2v) is 7.91. The molecule has 0 spiro atoms. The van der Waals surface area contributed by atoms with Crippen molar-refractivity contribution in [2.45, 2.75) is 33.1 Å². The van der Waals surface area contributed by atoms with Gasteiger partial charge in [-0.2, -0.15) is 0 Å². The number of aromatic nitrogens is 1. The zero-order chi connectivity index (χ0) is 21.0. The van der Waals surface area contributed by atoms with E-state index in [4.69, 9.17) is 4.74 Å². The van der Waals surface area contributed by atoms with Crippen LogP contribution in [0.15, 0.2) is 23.6 Å². The highest BCUT2D eigenvalue weighted by Crippen LogP contribution is 2.33. The summed E-state index contributed by atoms with van der Waals surface area (Å²) in [6, 6.07) is 5.23. The first-order chi connectivity index (χ1) is 13.9. The number of carbonyl (C=O) groups excluding carboxylic acids is 3. The van der Waals surface area contributed by atoms with Gasteiger partial charge in [-0.25, -0.2) is 4.98 Å². The van der Waals surface area contributed by atoms with E-state index in [1.807, 2.05) is 0 Å². The molecule has 1 aliphatic heterocycles. The molecule has 0 saturated carbocycles. The van der Waals surface area contributed by atoms with Crippen molar-refractivity contribution >= 4 is 45.6 Å². The zero-order valence-corrected chi connectivity index (χ0v) is 17.5. The lowest BCUT2D eigenvalue weighted by Gasteiger charge is -2.19. The molecule has 2 heterocycles. The Morgan fingerprint density at radius 3 is 2.76 bits per heavy atom. The molecular weight excluding hydrogens is 392 g/mol. The summed E-state index contributed by atoms with van der Waals surface area (Å²) in [6.45, 7) is 4.27. The van der Waals surface area contributed by atoms with Gasteiger partial charge in [0.1, 0.15) is 5.75 Å². The molecule has 1 aliphatic rings. The van der Waals surface area contributed by atoms with Crippen LogP contribution in [0.3, 0.4) is 0 Å². The summed E-state index contributed by atoms with van der Waals surface area (Å²) in [4.78, 5) is 42.1. The Balaban J connectivity index is 1.63. The molecule has 154 valence electrons. The Hall–Kier alpha value is -2.94. The van der Waals surface area contributed by atoms with E-state index in [-0.39, 0.29) is 30.1 Å². The molecule has 0 unspecified atom stereocenters. The number of methoxy groups -OCH3 is 1. The van der Waals surface area contributed by atoms with Gasteiger partial charge in [0.05, 0.1) is 24.9 Å². The summed E-state index contributed by atoms with van der Waals surface area (Å²) in [5.74, 6) is 0.122. The molecule has 3 amide bonds. The monoisotopic (exact) mass is 416 g/mol. The summed E-state index contributed by atoms with van der Waals surface area (Å²) in [5, 5.41) is 7.77. The maximum Gasteiger partial charge on any atom is 0.230 e. The number of hydrogen-bond acceptors (Lipinski definition) is 6. The van der Waals surface area contributed by atoms with E-state index in [9.17, 15) is 14.4 Å². The summed E-state index contributed by atoms with van der Waals surface area (Å²) in [6.07, 6.45) is 1.45. The minimum atomic E-state index is -0.232. The molecule has 1 aromatic carbocycles. The number of hydrogen-bond donors (Lipinski definition) is 2. The lowest BCUT2D eigenvalue weighted by Crippen LogP contribution is -2.24. The molecule has 9 heteroatoms. The van der Waals surface area contributed by atoms with Crippen LogP contribution in [-0.2, 0) is 20.8 Å². The van der Waals surface area contributed by atoms with E-state index in [0.717, 1.165) is 6.42 Å². The van der Waals surface area contributed by atoms with Gasteiger partial charge in [-0.15, -0.1) is 11.3 Å². The number of nitrogens with zero attached hydrogens (tertiary/aromatic N) is 2. The third kappa shape index (κ3) is 5.11. The molecule has 8 nitrogen and oxygen atoms in total. The van der Waals surface area contributed by atoms with Gasteiger partial charge in [0.2, 0.25) is 17.7 Å². The van der Waals surface area contributed by atoms with Crippen LogP contribution in [0, 0.1) is 5.92 Å². The number of amides is 3. The van der Waals surface area contributed by atoms with E-state index in [1.165, 1.54) is 18.4 Å². The van der Waals surface area contributed by atoms with Crippen LogP contribution in [0.2, 0.25) is 0 Å². The van der Waals surface area contributed by atoms with Crippen LogP contribution < -0.4 is 20.3 Å². The first-order valence-electron chi connectivity index (χ1n) is 9.41. The average molecular weight is 417 g/mol. The van der Waals surface area contributed by atoms with Crippen molar-refractivity contribution in [2.24, 2.45) is 5.92 Å². The molecule has 29 heavy (non-hydrogen) atoms. The molecule has 2 N–H and O–H groups in total. The normalized spacial score (nSPS) is 13.7. The first-order valence-corrected chi connectivity index (χ1v) is 10.3. The molecule has 0 atom stereocenters. The zero-order valence-electron chi connectivity index (χ0n) is 16.7. The number of rotatable bonds is 7. The molecule has 0 bridgehead atoms. The largest absolute Gasteiger partial charge is 0.494 e. The van der Waals surface area contributed by atoms with E-state index >= 15 is 0 Å². The van der Waals surface area contributed by atoms with Crippen LogP contribution >= 0.6 is 11.3 Å². The second kappa shape index (κ2) is 9.04. The fourth-order valence-corrected chi connectivity index (χ4v) is 3.66. The van der Waals surface area contributed by atoms with E-state index in [1.54, 1.807) is 42.3 Å². The molecular formula is C20H24N4O4S. The topological polar surface area (TPSA) is 101 Å². The minimum Gasteiger partial charge on any atom is -0.494 e. The number of anilines is 3. The van der Waals surface area contributed by atoms with Crippen molar-refractivity contribution < 1.29 is 19.1 Å². The van der Waals surface area contributed by atoms with Gasteiger partial charge in [-0.3, -0.25) is 14.4 Å². The van der Waals surface area contributed by atoms with Crippen molar-refractivity contribution in [2.75, 3.05) is 29.2 Å². The van der Waals surface area contributed by atoms with Crippen molar-refractivity contribution in [3.05, 3.63) is 29.3 Å². The van der Waals surface area contributed by atoms with Crippen LogP contribution in [0.5, 0.6) is 5.75 Å². The maximum absolute atomic E-state index is 12.4. The van der Waals surface area contributed by atoms with E-state index in [0.29, 0.717) is 40.9 Å². The lowest BCUT2D eigenvalue weighted by molar-refractivity contribution is -0.119. The quantitative estimate of drug-likeness (QED) is 0.722. The van der Waals surface area contributed by atoms with Crippen LogP contribution in [0.4, 0.5) is 16.5 Å². The average Bonchev–Trinajstić information content (AvgIpc) is 3.30. The predicted octanol–water partition coefficient (Wildman–Crippen LogP) is 3.05. The highest BCUT2D eigenvalue weighted by molar-refractivity contribution is 7.13. The maximum atomic E-state index is 12.4. The Kier molecular flexibility index (Phi) is 6.48. The fourth-order valence-electron chi connectivity index (χ4n) is 2.95. The molecule has 1 saturated heterocycles. The number of ether oxygens (including phenoxy) is 1. The summed E-state index contributed by atoms with van der Waals surface area (Å²) >= 11 is 1.29. The number of thiazole rings is 1. The molecule has 3 rings (SSSR count). The van der Waals surface area contributed by atoms with Crippen molar-refractivity contribution in [1.82, 2.24) is 4.98 Å². The lowest BCUT2D eigenvalue weighted by atomic mass is 10.2. The van der Waals surface area contributed by atoms with Crippen LogP contribution in [-0.4, -0.2) is 36.4 Å². The Bertz CT molecular complexity index is 925. The van der Waals surface area contributed by atoms with Gasteiger partial charge in [0.15, 0.2) is 5.13 Å². The van der Waals surface area contributed by atoms with Crippen molar-refractivity contribution in [3.8, 4) is 5.75 Å². The van der Waals surface area contributed by atoms with Crippen LogP contribution in [0.1, 0.15) is 32.4 Å². The highest BCUT2D eigenvalue weighted by atomic mass is 32.1. The summed E-state index contributed by atoms with van der Waals surface area (Å²) in [5.41, 5.74) is 1.86. The van der Waals surface area contributed by atoms with E-state index < -0.39 is 0 Å². The molecule has 1 aromatic heterocycles. The summed E-state index contributed by atoms with van der Waals surface area (Å²) < 4.78 is 5.41. The molecule has 0 radical (unpaired) electrons. The Morgan fingerprint density at radius 2 is 2.10 bits per heavy atom. The fraction of sp³-hybridized carbons (Fsp3) is 0.400. The number of nitrogens with one attached hydrogen (secondary N) is 2. The van der Waals surface area contributed by atoms with Gasteiger partial charge < -0.3 is 20.3 Å². The van der Waals surface area contributed by atoms with Gasteiger partial charge >= 0.3 is 0 Å². The Labute approximate surface area is 173 Å². The number of carbonyl (C=O) groups is 3. The SMILES string of the molecule is COc1cc(NC(=O)Cc2csc(NC(=O)C(C)C)n2)ccc1N1CCCC1=O. The van der Waals surface area contributed by atoms with E-state index in [2.05, 4.69) is 15.6 Å². The molecule has 0 aliphatic carbocycles. The van der Waals surface area contributed by atoms with Gasteiger partial charge in [-0.05, 0) is 18.6 Å². The van der Waals surface area contributed by atoms with Crippen molar-refractivity contribution in [3.63, 3.8) is 0 Å². The smallest absolute Gasteiger partial charge is 0.230 e. The molecule has 1 fully saturated rings. The standard InChI is InChI=1S/C20H24N4O4S/c1-12(2)19(27)23-20-22-14(11-29-20)10-17(25)21-13-6-7-15(16(9-13)28-3)24-8-4-5-18(24)26/h6-7,9,11-12H,4-5,8,10H2,1-3H3,(H,21,25)(H,22,23,27).